The second-order valence-corrected chi connectivity index (χ2v) is 8.75. The van der Waals surface area contributed by atoms with Crippen LogP contribution in [0.3, 0.4) is 0 Å². The van der Waals surface area contributed by atoms with E-state index in [9.17, 15) is 9.18 Å². The molecule has 0 unspecified atom stereocenters. The minimum atomic E-state index is -0.313. The standard InChI is InChI=1S/C29H27FN4O/c1-21-26(19-22-9-4-2-5-10-22)28(32-27(31-21)24-13-8-14-25(30)20-24)33-15-17-34(18-16-33)29(35)23-11-6-3-7-12-23/h2-14,20H,15-19H2,1H3. The van der Waals surface area contributed by atoms with Gasteiger partial charge in [0.15, 0.2) is 5.82 Å². The summed E-state index contributed by atoms with van der Waals surface area (Å²) < 4.78 is 13.9. The Morgan fingerprint density at radius 1 is 0.857 bits per heavy atom. The van der Waals surface area contributed by atoms with E-state index in [2.05, 4.69) is 17.0 Å². The molecule has 4 aromatic rings. The molecule has 0 N–H and O–H groups in total. The fraction of sp³-hybridized carbons (Fsp3) is 0.207. The Morgan fingerprint density at radius 2 is 1.54 bits per heavy atom. The van der Waals surface area contributed by atoms with Crippen LogP contribution in [-0.2, 0) is 6.42 Å². The predicted octanol–water partition coefficient (Wildman–Crippen LogP) is 5.14. The number of nitrogens with zero attached hydrogens (tertiary/aromatic N) is 4. The molecule has 35 heavy (non-hydrogen) atoms. The van der Waals surface area contributed by atoms with Crippen LogP contribution in [0, 0.1) is 12.7 Å². The van der Waals surface area contributed by atoms with Crippen molar-refractivity contribution in [2.24, 2.45) is 0 Å². The van der Waals surface area contributed by atoms with E-state index < -0.39 is 0 Å². The fourth-order valence-electron chi connectivity index (χ4n) is 4.49. The lowest BCUT2D eigenvalue weighted by Crippen LogP contribution is -2.49. The molecule has 1 saturated heterocycles. The Kier molecular flexibility index (Phi) is 6.53. The molecule has 0 saturated carbocycles. The molecule has 0 spiro atoms. The van der Waals surface area contributed by atoms with Gasteiger partial charge in [-0.2, -0.15) is 0 Å². The number of halogens is 1. The summed E-state index contributed by atoms with van der Waals surface area (Å²) in [5.41, 5.74) is 4.47. The van der Waals surface area contributed by atoms with Gasteiger partial charge < -0.3 is 9.80 Å². The first kappa shape index (κ1) is 22.7. The second kappa shape index (κ2) is 10.1. The van der Waals surface area contributed by atoms with Gasteiger partial charge in [0.1, 0.15) is 11.6 Å². The van der Waals surface area contributed by atoms with E-state index >= 15 is 0 Å². The summed E-state index contributed by atoms with van der Waals surface area (Å²) in [6.07, 6.45) is 0.703. The molecule has 1 aliphatic heterocycles. The van der Waals surface area contributed by atoms with Crippen molar-refractivity contribution in [1.29, 1.82) is 0 Å². The lowest BCUT2D eigenvalue weighted by atomic mass is 10.0. The Bertz CT molecular complexity index is 1320. The number of aryl methyl sites for hydroxylation is 1. The molecule has 3 aromatic carbocycles. The molecule has 1 aliphatic rings. The molecular formula is C29H27FN4O. The molecular weight excluding hydrogens is 439 g/mol. The van der Waals surface area contributed by atoms with Crippen molar-refractivity contribution in [3.63, 3.8) is 0 Å². The van der Waals surface area contributed by atoms with Crippen LogP contribution in [0.4, 0.5) is 10.2 Å². The molecule has 0 aliphatic carbocycles. The van der Waals surface area contributed by atoms with Crippen molar-refractivity contribution in [3.8, 4) is 11.4 Å². The van der Waals surface area contributed by atoms with Crippen LogP contribution in [0.5, 0.6) is 0 Å². The third-order valence-corrected chi connectivity index (χ3v) is 6.39. The highest BCUT2D eigenvalue weighted by Gasteiger charge is 2.26. The highest BCUT2D eigenvalue weighted by atomic mass is 19.1. The van der Waals surface area contributed by atoms with E-state index in [1.165, 1.54) is 17.7 Å². The number of piperazine rings is 1. The van der Waals surface area contributed by atoms with E-state index in [4.69, 9.17) is 9.97 Å². The average Bonchev–Trinajstić information content (AvgIpc) is 2.90. The van der Waals surface area contributed by atoms with Gasteiger partial charge in [0.25, 0.3) is 5.91 Å². The van der Waals surface area contributed by atoms with Crippen LogP contribution < -0.4 is 4.90 Å². The van der Waals surface area contributed by atoms with Gasteiger partial charge in [-0.25, -0.2) is 14.4 Å². The minimum Gasteiger partial charge on any atom is -0.353 e. The van der Waals surface area contributed by atoms with Gasteiger partial charge in [-0.05, 0) is 36.8 Å². The van der Waals surface area contributed by atoms with Gasteiger partial charge in [0, 0.05) is 55.0 Å². The summed E-state index contributed by atoms with van der Waals surface area (Å²) in [6, 6.07) is 26.0. The van der Waals surface area contributed by atoms with Crippen molar-refractivity contribution in [1.82, 2.24) is 14.9 Å². The first-order valence-electron chi connectivity index (χ1n) is 11.8. The molecule has 1 amide bonds. The van der Waals surface area contributed by atoms with Crippen LogP contribution in [0.15, 0.2) is 84.9 Å². The van der Waals surface area contributed by atoms with Crippen LogP contribution in [0.25, 0.3) is 11.4 Å². The summed E-state index contributed by atoms with van der Waals surface area (Å²) >= 11 is 0. The lowest BCUT2D eigenvalue weighted by Gasteiger charge is -2.36. The number of carbonyl (C=O) groups excluding carboxylic acids is 1. The Hall–Kier alpha value is -4.06. The summed E-state index contributed by atoms with van der Waals surface area (Å²) in [5.74, 6) is 1.10. The zero-order valence-corrected chi connectivity index (χ0v) is 19.7. The van der Waals surface area contributed by atoms with Gasteiger partial charge in [0.2, 0.25) is 0 Å². The van der Waals surface area contributed by atoms with E-state index in [1.807, 2.05) is 66.4 Å². The smallest absolute Gasteiger partial charge is 0.253 e. The van der Waals surface area contributed by atoms with Crippen molar-refractivity contribution in [2.45, 2.75) is 13.3 Å². The Labute approximate surface area is 204 Å². The van der Waals surface area contributed by atoms with Gasteiger partial charge in [-0.15, -0.1) is 0 Å². The van der Waals surface area contributed by atoms with Crippen molar-refractivity contribution >= 4 is 11.7 Å². The number of hydrogen-bond donors (Lipinski definition) is 0. The number of benzene rings is 3. The van der Waals surface area contributed by atoms with Crippen LogP contribution >= 0.6 is 0 Å². The average molecular weight is 467 g/mol. The maximum absolute atomic E-state index is 13.9. The van der Waals surface area contributed by atoms with Gasteiger partial charge in [-0.1, -0.05) is 60.7 Å². The van der Waals surface area contributed by atoms with Crippen molar-refractivity contribution in [2.75, 3.05) is 31.1 Å². The molecule has 5 rings (SSSR count). The highest BCUT2D eigenvalue weighted by molar-refractivity contribution is 5.94. The van der Waals surface area contributed by atoms with Crippen molar-refractivity contribution < 1.29 is 9.18 Å². The summed E-state index contributed by atoms with van der Waals surface area (Å²) in [4.78, 5) is 26.7. The predicted molar refractivity (Wildman–Crippen MR) is 136 cm³/mol. The van der Waals surface area contributed by atoms with E-state index in [1.54, 1.807) is 6.07 Å². The van der Waals surface area contributed by atoms with E-state index in [-0.39, 0.29) is 11.7 Å². The molecule has 0 atom stereocenters. The molecule has 6 heteroatoms. The topological polar surface area (TPSA) is 49.3 Å². The zero-order valence-electron chi connectivity index (χ0n) is 19.7. The third-order valence-electron chi connectivity index (χ3n) is 6.39. The second-order valence-electron chi connectivity index (χ2n) is 8.75. The first-order chi connectivity index (χ1) is 17.1. The lowest BCUT2D eigenvalue weighted by molar-refractivity contribution is 0.0746. The molecule has 2 heterocycles. The number of hydrogen-bond acceptors (Lipinski definition) is 4. The molecule has 176 valence electrons. The van der Waals surface area contributed by atoms with Crippen LogP contribution in [0.1, 0.15) is 27.2 Å². The molecule has 0 bridgehead atoms. The molecule has 5 nitrogen and oxygen atoms in total. The molecule has 1 fully saturated rings. The van der Waals surface area contributed by atoms with E-state index in [0.29, 0.717) is 49.6 Å². The van der Waals surface area contributed by atoms with Gasteiger partial charge in [0.05, 0.1) is 0 Å². The summed E-state index contributed by atoms with van der Waals surface area (Å²) in [5, 5.41) is 0. The SMILES string of the molecule is Cc1nc(-c2cccc(F)c2)nc(N2CCN(C(=O)c3ccccc3)CC2)c1Cc1ccccc1. The Morgan fingerprint density at radius 3 is 2.23 bits per heavy atom. The number of anilines is 1. The number of carbonyl (C=O) groups is 1. The quantitative estimate of drug-likeness (QED) is 0.409. The van der Waals surface area contributed by atoms with Gasteiger partial charge >= 0.3 is 0 Å². The summed E-state index contributed by atoms with van der Waals surface area (Å²) in [7, 11) is 0. The van der Waals surface area contributed by atoms with Crippen molar-refractivity contribution in [3.05, 3.63) is 113 Å². The maximum Gasteiger partial charge on any atom is 0.253 e. The number of rotatable bonds is 5. The van der Waals surface area contributed by atoms with Crippen LogP contribution in [-0.4, -0.2) is 47.0 Å². The largest absolute Gasteiger partial charge is 0.353 e. The first-order valence-corrected chi connectivity index (χ1v) is 11.8. The molecule has 0 radical (unpaired) electrons. The minimum absolute atomic E-state index is 0.0501. The van der Waals surface area contributed by atoms with Crippen LogP contribution in [0.2, 0.25) is 0 Å². The monoisotopic (exact) mass is 466 g/mol. The zero-order chi connectivity index (χ0) is 24.2. The Balaban J connectivity index is 1.45. The third kappa shape index (κ3) is 5.06. The number of amides is 1. The molecule has 1 aromatic heterocycles. The van der Waals surface area contributed by atoms with E-state index in [0.717, 1.165) is 17.1 Å². The number of aromatic nitrogens is 2. The maximum atomic E-state index is 13.9. The fourth-order valence-corrected chi connectivity index (χ4v) is 4.49. The highest BCUT2D eigenvalue weighted by Crippen LogP contribution is 2.28. The summed E-state index contributed by atoms with van der Waals surface area (Å²) in [6.45, 7) is 4.54. The van der Waals surface area contributed by atoms with Gasteiger partial charge in [-0.3, -0.25) is 4.79 Å². The normalized spacial score (nSPS) is 13.7.